The van der Waals surface area contributed by atoms with Gasteiger partial charge in [-0.15, -0.1) is 0 Å². The molecule has 1 atom stereocenters. The van der Waals surface area contributed by atoms with Gasteiger partial charge in [0.2, 0.25) is 3.79 Å². The van der Waals surface area contributed by atoms with E-state index in [1.54, 1.807) is 24.3 Å². The van der Waals surface area contributed by atoms with Crippen molar-refractivity contribution in [1.82, 2.24) is 5.32 Å². The first kappa shape index (κ1) is 21.7. The molecule has 0 aliphatic carbocycles. The van der Waals surface area contributed by atoms with Gasteiger partial charge in [0.15, 0.2) is 0 Å². The van der Waals surface area contributed by atoms with Crippen LogP contribution in [0.15, 0.2) is 42.5 Å². The lowest BCUT2D eigenvalue weighted by Gasteiger charge is -2.27. The number of carbonyl (C=O) groups is 1. The molecule has 12 heteroatoms. The van der Waals surface area contributed by atoms with Gasteiger partial charge in [-0.25, -0.2) is 0 Å². The van der Waals surface area contributed by atoms with Gasteiger partial charge < -0.3 is 10.6 Å². The van der Waals surface area contributed by atoms with E-state index in [4.69, 9.17) is 34.8 Å². The van der Waals surface area contributed by atoms with Crippen molar-refractivity contribution in [3.63, 3.8) is 0 Å². The number of nitrogens with one attached hydrogen (secondary N) is 2. The predicted molar refractivity (Wildman–Crippen MR) is 106 cm³/mol. The van der Waals surface area contributed by atoms with Gasteiger partial charge in [-0.3, -0.25) is 25.0 Å². The molecule has 28 heavy (non-hydrogen) atoms. The van der Waals surface area contributed by atoms with Crippen molar-refractivity contribution in [2.75, 3.05) is 5.32 Å². The van der Waals surface area contributed by atoms with E-state index in [0.717, 1.165) is 23.8 Å². The van der Waals surface area contributed by atoms with Crippen LogP contribution in [0.1, 0.15) is 15.9 Å². The molecular weight excluding hydrogens is 435 g/mol. The van der Waals surface area contributed by atoms with Gasteiger partial charge in [0.05, 0.1) is 21.5 Å². The van der Waals surface area contributed by atoms with Crippen molar-refractivity contribution in [2.24, 2.45) is 0 Å². The molecule has 0 unspecified atom stereocenters. The summed E-state index contributed by atoms with van der Waals surface area (Å²) in [6.45, 7) is 1.88. The van der Waals surface area contributed by atoms with Crippen molar-refractivity contribution < 1.29 is 14.6 Å². The number of hydrogen-bond donors (Lipinski definition) is 2. The number of nitrogens with zero attached hydrogens (tertiary/aromatic N) is 2. The van der Waals surface area contributed by atoms with Crippen molar-refractivity contribution in [3.8, 4) is 0 Å². The number of carbonyl (C=O) groups excluding carboxylic acids is 1. The van der Waals surface area contributed by atoms with Gasteiger partial charge in [-0.2, -0.15) is 0 Å². The average molecular weight is 448 g/mol. The van der Waals surface area contributed by atoms with Crippen LogP contribution in [0.2, 0.25) is 0 Å². The maximum absolute atomic E-state index is 12.5. The van der Waals surface area contributed by atoms with Crippen molar-refractivity contribution >= 4 is 57.8 Å². The molecule has 0 aliphatic rings. The number of nitro groups is 2. The van der Waals surface area contributed by atoms with Gasteiger partial charge in [0, 0.05) is 17.8 Å². The third kappa shape index (κ3) is 5.69. The first-order valence-corrected chi connectivity index (χ1v) is 8.75. The fourth-order valence-corrected chi connectivity index (χ4v) is 2.50. The topological polar surface area (TPSA) is 127 Å². The number of amides is 1. The molecule has 0 spiro atoms. The second-order valence-electron chi connectivity index (χ2n) is 5.71. The molecule has 2 rings (SSSR count). The zero-order chi connectivity index (χ0) is 21.1. The number of aryl methyl sites for hydroxylation is 1. The standard InChI is InChI=1S/C16H13Cl3N4O5/c1-9-2-4-11(5-3-9)20-15(16(17,18)19)21-14(24)10-6-12(22(25)26)8-13(7-10)23(27)28/h2-8,15,20H,1H3,(H,21,24)/t15-/m0/s1. The molecule has 0 saturated carbocycles. The summed E-state index contributed by atoms with van der Waals surface area (Å²) in [5.41, 5.74) is -0.0328. The van der Waals surface area contributed by atoms with Gasteiger partial charge in [0.1, 0.15) is 6.17 Å². The lowest BCUT2D eigenvalue weighted by atomic mass is 10.1. The third-order valence-electron chi connectivity index (χ3n) is 3.55. The first-order valence-electron chi connectivity index (χ1n) is 7.62. The molecule has 0 saturated heterocycles. The van der Waals surface area contributed by atoms with E-state index in [9.17, 15) is 25.0 Å². The quantitative estimate of drug-likeness (QED) is 0.293. The van der Waals surface area contributed by atoms with Gasteiger partial charge in [0.25, 0.3) is 17.3 Å². The number of nitro benzene ring substituents is 2. The number of benzene rings is 2. The number of non-ortho nitro benzene ring substituents is 2. The molecule has 0 radical (unpaired) electrons. The SMILES string of the molecule is Cc1ccc(N[C@@H](NC(=O)c2cc([N+](=O)[O-])cc([N+](=O)[O-])c2)C(Cl)(Cl)Cl)cc1. The molecule has 0 heterocycles. The monoisotopic (exact) mass is 446 g/mol. The van der Waals surface area contributed by atoms with Gasteiger partial charge >= 0.3 is 0 Å². The number of halogens is 3. The lowest BCUT2D eigenvalue weighted by molar-refractivity contribution is -0.394. The van der Waals surface area contributed by atoms with Crippen LogP contribution in [-0.4, -0.2) is 25.7 Å². The van der Waals surface area contributed by atoms with E-state index in [1.165, 1.54) is 0 Å². The highest BCUT2D eigenvalue weighted by Crippen LogP contribution is 2.31. The van der Waals surface area contributed by atoms with E-state index in [0.29, 0.717) is 5.69 Å². The van der Waals surface area contributed by atoms with E-state index in [1.807, 2.05) is 6.92 Å². The normalized spacial score (nSPS) is 12.1. The summed E-state index contributed by atoms with van der Waals surface area (Å²) >= 11 is 17.7. The van der Waals surface area contributed by atoms with Crippen LogP contribution < -0.4 is 10.6 Å². The highest BCUT2D eigenvalue weighted by molar-refractivity contribution is 6.68. The number of hydrogen-bond acceptors (Lipinski definition) is 6. The molecule has 0 bridgehead atoms. The second-order valence-corrected chi connectivity index (χ2v) is 8.08. The van der Waals surface area contributed by atoms with Crippen LogP contribution in [0.4, 0.5) is 17.1 Å². The molecule has 148 valence electrons. The molecule has 9 nitrogen and oxygen atoms in total. The summed E-state index contributed by atoms with van der Waals surface area (Å²) < 4.78 is -1.99. The fourth-order valence-electron chi connectivity index (χ4n) is 2.17. The van der Waals surface area contributed by atoms with Crippen LogP contribution in [0.5, 0.6) is 0 Å². The first-order chi connectivity index (χ1) is 13.0. The van der Waals surface area contributed by atoms with E-state index >= 15 is 0 Å². The lowest BCUT2D eigenvalue weighted by Crippen LogP contribution is -2.49. The number of anilines is 1. The maximum atomic E-state index is 12.5. The average Bonchev–Trinajstić information content (AvgIpc) is 2.61. The van der Waals surface area contributed by atoms with Gasteiger partial charge in [-0.05, 0) is 19.1 Å². The summed E-state index contributed by atoms with van der Waals surface area (Å²) in [4.78, 5) is 32.8. The van der Waals surface area contributed by atoms with Crippen molar-refractivity contribution in [2.45, 2.75) is 16.9 Å². The Kier molecular flexibility index (Phi) is 6.65. The molecule has 2 aromatic carbocycles. The second kappa shape index (κ2) is 8.59. The summed E-state index contributed by atoms with van der Waals surface area (Å²) in [7, 11) is 0. The van der Waals surface area contributed by atoms with Crippen LogP contribution in [0.3, 0.4) is 0 Å². The van der Waals surface area contributed by atoms with E-state index in [-0.39, 0.29) is 5.56 Å². The summed E-state index contributed by atoms with van der Waals surface area (Å²) in [5.74, 6) is -0.900. The molecule has 0 aliphatic heterocycles. The summed E-state index contributed by atoms with van der Waals surface area (Å²) in [6, 6.07) is 9.51. The summed E-state index contributed by atoms with van der Waals surface area (Å²) in [5, 5.41) is 27.2. The molecule has 0 aromatic heterocycles. The number of rotatable bonds is 6. The van der Waals surface area contributed by atoms with Crippen LogP contribution in [0.25, 0.3) is 0 Å². The molecule has 2 N–H and O–H groups in total. The van der Waals surface area contributed by atoms with Crippen molar-refractivity contribution in [3.05, 3.63) is 73.8 Å². The molecular formula is C16H13Cl3N4O5. The van der Waals surface area contributed by atoms with Crippen LogP contribution >= 0.6 is 34.8 Å². The predicted octanol–water partition coefficient (Wildman–Crippen LogP) is 4.35. The van der Waals surface area contributed by atoms with Crippen molar-refractivity contribution in [1.29, 1.82) is 0 Å². The highest BCUT2D eigenvalue weighted by Gasteiger charge is 2.35. The molecule has 2 aromatic rings. The minimum Gasteiger partial charge on any atom is -0.362 e. The van der Waals surface area contributed by atoms with Gasteiger partial charge in [-0.1, -0.05) is 52.5 Å². The Morgan fingerprint density at radius 2 is 1.50 bits per heavy atom. The third-order valence-corrected chi connectivity index (χ3v) is 4.21. The van der Waals surface area contributed by atoms with Crippen LogP contribution in [0, 0.1) is 27.2 Å². The smallest absolute Gasteiger partial charge is 0.277 e. The van der Waals surface area contributed by atoms with E-state index < -0.39 is 37.1 Å². The zero-order valence-corrected chi connectivity index (χ0v) is 16.5. The zero-order valence-electron chi connectivity index (χ0n) is 14.2. The number of alkyl halides is 3. The Hall–Kier alpha value is -2.62. The largest absolute Gasteiger partial charge is 0.362 e. The fraction of sp³-hybridized carbons (Fsp3) is 0.188. The Balaban J connectivity index is 2.31. The van der Waals surface area contributed by atoms with Crippen LogP contribution in [-0.2, 0) is 0 Å². The maximum Gasteiger partial charge on any atom is 0.277 e. The molecule has 1 amide bonds. The Morgan fingerprint density at radius 3 is 1.93 bits per heavy atom. The minimum absolute atomic E-state index is 0.328. The van der Waals surface area contributed by atoms with E-state index in [2.05, 4.69) is 10.6 Å². The highest BCUT2D eigenvalue weighted by atomic mass is 35.6. The Morgan fingerprint density at radius 1 is 1.00 bits per heavy atom. The minimum atomic E-state index is -1.99. The Bertz CT molecular complexity index is 883. The molecule has 0 fully saturated rings. The Labute approximate surface area is 173 Å². The summed E-state index contributed by atoms with van der Waals surface area (Å²) in [6.07, 6.45) is -1.23.